The van der Waals surface area contributed by atoms with Crippen LogP contribution >= 0.6 is 0 Å². The van der Waals surface area contributed by atoms with Gasteiger partial charge in [-0.3, -0.25) is 4.98 Å². The molecular formula is C20H15F2N3. The fraction of sp³-hybridized carbons (Fsp3) is 0.100. The molecule has 2 aromatic carbocycles. The molecule has 0 atom stereocenters. The van der Waals surface area contributed by atoms with Crippen LogP contribution in [0.25, 0.3) is 22.6 Å². The van der Waals surface area contributed by atoms with Gasteiger partial charge in [0.1, 0.15) is 17.3 Å². The van der Waals surface area contributed by atoms with Gasteiger partial charge >= 0.3 is 0 Å². The highest BCUT2D eigenvalue weighted by Gasteiger charge is 2.15. The summed E-state index contributed by atoms with van der Waals surface area (Å²) >= 11 is 0. The molecule has 0 amide bonds. The maximum atomic E-state index is 14.2. The molecule has 0 saturated heterocycles. The molecule has 0 radical (unpaired) electrons. The quantitative estimate of drug-likeness (QED) is 0.542. The molecule has 4 rings (SSSR count). The van der Waals surface area contributed by atoms with Crippen molar-refractivity contribution in [1.82, 2.24) is 14.5 Å². The highest BCUT2D eigenvalue weighted by molar-refractivity contribution is 5.80. The van der Waals surface area contributed by atoms with Gasteiger partial charge in [-0.05, 0) is 42.8 Å². The van der Waals surface area contributed by atoms with E-state index in [0.29, 0.717) is 11.4 Å². The fourth-order valence-electron chi connectivity index (χ4n) is 2.91. The molecule has 0 N–H and O–H groups in total. The summed E-state index contributed by atoms with van der Waals surface area (Å²) in [4.78, 5) is 9.08. The third-order valence-electron chi connectivity index (χ3n) is 4.14. The van der Waals surface area contributed by atoms with Crippen molar-refractivity contribution in [3.05, 3.63) is 83.6 Å². The van der Waals surface area contributed by atoms with Crippen LogP contribution in [0.2, 0.25) is 0 Å². The highest BCUT2D eigenvalue weighted by atomic mass is 19.1. The molecule has 0 saturated carbocycles. The van der Waals surface area contributed by atoms with E-state index >= 15 is 0 Å². The van der Waals surface area contributed by atoms with Crippen LogP contribution in [0.4, 0.5) is 8.78 Å². The van der Waals surface area contributed by atoms with Crippen LogP contribution in [0.5, 0.6) is 0 Å². The van der Waals surface area contributed by atoms with E-state index in [0.717, 1.165) is 28.4 Å². The minimum atomic E-state index is -0.586. The molecule has 3 nitrogen and oxygen atoms in total. The van der Waals surface area contributed by atoms with Gasteiger partial charge in [-0.2, -0.15) is 0 Å². The van der Waals surface area contributed by atoms with Crippen molar-refractivity contribution in [3.63, 3.8) is 0 Å². The molecule has 124 valence electrons. The smallest absolute Gasteiger partial charge is 0.160 e. The van der Waals surface area contributed by atoms with E-state index in [2.05, 4.69) is 9.97 Å². The van der Waals surface area contributed by atoms with E-state index in [1.807, 2.05) is 47.9 Å². The van der Waals surface area contributed by atoms with Crippen LogP contribution in [0.1, 0.15) is 11.1 Å². The number of nitrogens with zero attached hydrogens (tertiary/aromatic N) is 3. The number of fused-ring (bicyclic) bond motifs is 1. The monoisotopic (exact) mass is 335 g/mol. The van der Waals surface area contributed by atoms with Gasteiger partial charge in [0.15, 0.2) is 5.82 Å². The zero-order chi connectivity index (χ0) is 17.4. The SMILES string of the molecule is Cc1ccnc(-c2nc3ccccc3n2Cc2ccc(F)cc2F)c1. The Morgan fingerprint density at radius 2 is 1.84 bits per heavy atom. The van der Waals surface area contributed by atoms with Gasteiger partial charge in [-0.25, -0.2) is 13.8 Å². The summed E-state index contributed by atoms with van der Waals surface area (Å²) in [6.45, 7) is 2.23. The van der Waals surface area contributed by atoms with Crippen molar-refractivity contribution in [2.75, 3.05) is 0 Å². The minimum Gasteiger partial charge on any atom is -0.318 e. The van der Waals surface area contributed by atoms with Crippen LogP contribution in [0, 0.1) is 18.6 Å². The van der Waals surface area contributed by atoms with Gasteiger partial charge < -0.3 is 4.57 Å². The Bertz CT molecular complexity index is 1070. The molecular weight excluding hydrogens is 320 g/mol. The van der Waals surface area contributed by atoms with Gasteiger partial charge in [-0.1, -0.05) is 18.2 Å². The zero-order valence-electron chi connectivity index (χ0n) is 13.6. The van der Waals surface area contributed by atoms with Gasteiger partial charge in [0.05, 0.1) is 17.6 Å². The largest absolute Gasteiger partial charge is 0.318 e. The molecule has 0 bridgehead atoms. The lowest BCUT2D eigenvalue weighted by molar-refractivity contribution is 0.567. The third kappa shape index (κ3) is 2.89. The lowest BCUT2D eigenvalue weighted by atomic mass is 10.2. The number of pyridine rings is 1. The van der Waals surface area contributed by atoms with Crippen molar-refractivity contribution in [2.45, 2.75) is 13.5 Å². The fourth-order valence-corrected chi connectivity index (χ4v) is 2.91. The first kappa shape index (κ1) is 15.4. The second-order valence-electron chi connectivity index (χ2n) is 5.96. The number of para-hydroxylation sites is 2. The first-order valence-electron chi connectivity index (χ1n) is 7.94. The average molecular weight is 335 g/mol. The summed E-state index contributed by atoms with van der Waals surface area (Å²) in [6.07, 6.45) is 1.73. The lowest BCUT2D eigenvalue weighted by Gasteiger charge is -2.10. The van der Waals surface area contributed by atoms with E-state index in [1.165, 1.54) is 12.1 Å². The molecule has 5 heteroatoms. The molecule has 0 aliphatic carbocycles. The van der Waals surface area contributed by atoms with E-state index < -0.39 is 11.6 Å². The zero-order valence-corrected chi connectivity index (χ0v) is 13.6. The predicted octanol–water partition coefficient (Wildman–Crippen LogP) is 4.73. The number of aryl methyl sites for hydroxylation is 1. The van der Waals surface area contributed by atoms with Gasteiger partial charge in [0.2, 0.25) is 0 Å². The number of rotatable bonds is 3. The van der Waals surface area contributed by atoms with Crippen LogP contribution in [-0.4, -0.2) is 14.5 Å². The Labute approximate surface area is 143 Å². The summed E-state index contributed by atoms with van der Waals surface area (Å²) in [5, 5.41) is 0. The van der Waals surface area contributed by atoms with Crippen molar-refractivity contribution < 1.29 is 8.78 Å². The van der Waals surface area contributed by atoms with Gasteiger partial charge in [0, 0.05) is 17.8 Å². The standard InChI is InChI=1S/C20H15F2N3/c1-13-8-9-23-18(10-13)20-24-17-4-2-3-5-19(17)25(20)12-14-6-7-15(21)11-16(14)22/h2-11H,12H2,1H3. The normalized spacial score (nSPS) is 11.2. The Balaban J connectivity index is 1.90. The summed E-state index contributed by atoms with van der Waals surface area (Å²) in [7, 11) is 0. The summed E-state index contributed by atoms with van der Waals surface area (Å²) in [5.41, 5.74) is 3.88. The van der Waals surface area contributed by atoms with E-state index in [9.17, 15) is 8.78 Å². The number of halogens is 2. The van der Waals surface area contributed by atoms with Crippen molar-refractivity contribution >= 4 is 11.0 Å². The predicted molar refractivity (Wildman–Crippen MR) is 93.2 cm³/mol. The van der Waals surface area contributed by atoms with Crippen molar-refractivity contribution in [3.8, 4) is 11.5 Å². The van der Waals surface area contributed by atoms with Crippen molar-refractivity contribution in [2.24, 2.45) is 0 Å². The number of aromatic nitrogens is 3. The van der Waals surface area contributed by atoms with Crippen LogP contribution < -0.4 is 0 Å². The second-order valence-corrected chi connectivity index (χ2v) is 5.96. The molecule has 0 aliphatic heterocycles. The number of hydrogen-bond acceptors (Lipinski definition) is 2. The van der Waals surface area contributed by atoms with Gasteiger partial charge in [-0.15, -0.1) is 0 Å². The van der Waals surface area contributed by atoms with E-state index in [1.54, 1.807) is 6.20 Å². The third-order valence-corrected chi connectivity index (χ3v) is 4.14. The minimum absolute atomic E-state index is 0.248. The maximum Gasteiger partial charge on any atom is 0.160 e. The van der Waals surface area contributed by atoms with Crippen LogP contribution in [-0.2, 0) is 6.54 Å². The second kappa shape index (κ2) is 6.09. The molecule has 0 aliphatic rings. The molecule has 4 aromatic rings. The molecule has 0 unspecified atom stereocenters. The number of benzene rings is 2. The van der Waals surface area contributed by atoms with Gasteiger partial charge in [0.25, 0.3) is 0 Å². The van der Waals surface area contributed by atoms with E-state index in [4.69, 9.17) is 0 Å². The Morgan fingerprint density at radius 3 is 2.64 bits per heavy atom. The van der Waals surface area contributed by atoms with Crippen molar-refractivity contribution in [1.29, 1.82) is 0 Å². The summed E-state index contributed by atoms with van der Waals surface area (Å²) < 4.78 is 29.3. The Kier molecular flexibility index (Phi) is 3.76. The number of hydrogen-bond donors (Lipinski definition) is 0. The number of imidazole rings is 1. The Morgan fingerprint density at radius 1 is 1.00 bits per heavy atom. The highest BCUT2D eigenvalue weighted by Crippen LogP contribution is 2.25. The molecule has 0 fully saturated rings. The first-order chi connectivity index (χ1) is 12.1. The van der Waals surface area contributed by atoms with Crippen LogP contribution in [0.15, 0.2) is 60.8 Å². The molecule has 2 aromatic heterocycles. The molecule has 2 heterocycles. The molecule has 0 spiro atoms. The topological polar surface area (TPSA) is 30.7 Å². The summed E-state index contributed by atoms with van der Waals surface area (Å²) in [6, 6.07) is 15.2. The maximum absolute atomic E-state index is 14.2. The summed E-state index contributed by atoms with van der Waals surface area (Å²) in [5.74, 6) is -0.494. The molecule has 25 heavy (non-hydrogen) atoms. The Hall–Kier alpha value is -3.08. The van der Waals surface area contributed by atoms with E-state index in [-0.39, 0.29) is 6.54 Å². The first-order valence-corrected chi connectivity index (χ1v) is 7.94. The lowest BCUT2D eigenvalue weighted by Crippen LogP contribution is -2.05. The van der Waals surface area contributed by atoms with Crippen LogP contribution in [0.3, 0.4) is 0 Å². The average Bonchev–Trinajstić information content (AvgIpc) is 2.96.